The highest BCUT2D eigenvalue weighted by atomic mass is 16.8. The number of hydrogen-bond donors (Lipinski definition) is 8. The molecule has 23 heteroatoms. The molecule has 0 amide bonds. The molecular weight excluding hydrogens is 929 g/mol. The minimum atomic E-state index is -2.12. The molecule has 4 saturated heterocycles. The second-order valence-electron chi connectivity index (χ2n) is 20.5. The summed E-state index contributed by atoms with van der Waals surface area (Å²) in [6.07, 6.45) is -22.2. The number of rotatable bonds is 16. The third-order valence-electron chi connectivity index (χ3n) is 14.8. The number of aliphatic carboxylic acids is 1. The van der Waals surface area contributed by atoms with Gasteiger partial charge in [-0.3, -0.25) is 4.79 Å². The van der Waals surface area contributed by atoms with Crippen molar-refractivity contribution < 1.29 is 103 Å². The third-order valence-corrected chi connectivity index (χ3v) is 14.8. The lowest BCUT2D eigenvalue weighted by Crippen LogP contribution is -2.65. The SMILES string of the molecule is CC[C@H]1OC(=O)[C@H](C)[C@@H](O[C@H]2C[C@@](C)(OC)[C@@H](O)[C@H](C)O2)[C@H](C)[C@@H](O[C@@H]2O[C@H](C)C[C@H](N(C)C)[C@H]2O)[C@](C)(OC2OC(C(=O)O)C(O)C(O)C2O)C[C@@H](C)/C(=N\OCOCCOC)[C@H](C)[C@@H](O)[C@]1(C)O. The van der Waals surface area contributed by atoms with E-state index in [1.54, 1.807) is 62.6 Å². The van der Waals surface area contributed by atoms with Gasteiger partial charge >= 0.3 is 11.9 Å². The number of ether oxygens (including phenoxy) is 10. The largest absolute Gasteiger partial charge is 0.479 e. The fourth-order valence-corrected chi connectivity index (χ4v) is 10.4. The van der Waals surface area contributed by atoms with Crippen LogP contribution in [0.5, 0.6) is 0 Å². The number of aliphatic hydroxyl groups is 7. The Balaban J connectivity index is 2.05. The highest BCUT2D eigenvalue weighted by molar-refractivity contribution is 5.88. The number of carboxylic acids is 1. The molecule has 0 spiro atoms. The van der Waals surface area contributed by atoms with E-state index in [0.717, 1.165) is 0 Å². The monoisotopic (exact) mass is 1010 g/mol. The Morgan fingerprint density at radius 1 is 0.814 bits per heavy atom. The first-order chi connectivity index (χ1) is 32.6. The molecule has 0 bridgehead atoms. The first kappa shape index (κ1) is 60.3. The van der Waals surface area contributed by atoms with Gasteiger partial charge in [-0.05, 0) is 74.9 Å². The van der Waals surface area contributed by atoms with E-state index < -0.39 is 151 Å². The van der Waals surface area contributed by atoms with Gasteiger partial charge in [-0.2, -0.15) is 0 Å². The maximum atomic E-state index is 14.7. The van der Waals surface area contributed by atoms with Crippen LogP contribution in [0.25, 0.3) is 0 Å². The summed E-state index contributed by atoms with van der Waals surface area (Å²) in [5.74, 6) is -6.86. The first-order valence-corrected chi connectivity index (χ1v) is 24.3. The van der Waals surface area contributed by atoms with Crippen molar-refractivity contribution in [2.75, 3.05) is 48.3 Å². The van der Waals surface area contributed by atoms with Gasteiger partial charge in [0.2, 0.25) is 6.79 Å². The summed E-state index contributed by atoms with van der Waals surface area (Å²) in [5.41, 5.74) is -5.13. The summed E-state index contributed by atoms with van der Waals surface area (Å²) in [5, 5.41) is 95.3. The molecule has 4 aliphatic rings. The quantitative estimate of drug-likeness (QED) is 0.0441. The average Bonchev–Trinajstić information content (AvgIpc) is 3.29. The zero-order valence-electron chi connectivity index (χ0n) is 43.3. The summed E-state index contributed by atoms with van der Waals surface area (Å²) in [6, 6.07) is -0.496. The summed E-state index contributed by atoms with van der Waals surface area (Å²) in [4.78, 5) is 34.6. The predicted molar refractivity (Wildman–Crippen MR) is 246 cm³/mol. The molecule has 23 nitrogen and oxygen atoms in total. The van der Waals surface area contributed by atoms with E-state index in [1.807, 2.05) is 4.90 Å². The van der Waals surface area contributed by atoms with Crippen LogP contribution in [-0.2, 0) is 61.8 Å². The first-order valence-electron chi connectivity index (χ1n) is 24.3. The van der Waals surface area contributed by atoms with Crippen LogP contribution in [0.15, 0.2) is 5.16 Å². The number of hydrogen-bond acceptors (Lipinski definition) is 22. The number of esters is 1. The Bertz CT molecular complexity index is 1690. The van der Waals surface area contributed by atoms with Crippen molar-refractivity contribution in [2.24, 2.45) is 28.8 Å². The van der Waals surface area contributed by atoms with E-state index in [0.29, 0.717) is 6.42 Å². The number of aliphatic hydroxyl groups excluding tert-OH is 6. The number of carbonyl (C=O) groups excluding carboxylic acids is 1. The van der Waals surface area contributed by atoms with Crippen LogP contribution in [0.3, 0.4) is 0 Å². The maximum absolute atomic E-state index is 14.7. The second kappa shape index (κ2) is 25.3. The molecule has 0 radical (unpaired) electrons. The van der Waals surface area contributed by atoms with Crippen molar-refractivity contribution in [3.63, 3.8) is 0 Å². The van der Waals surface area contributed by atoms with Gasteiger partial charge in [0.15, 0.2) is 25.0 Å². The standard InChI is InChI=1S/C47H84N2O21/c1-15-29-47(10,59)38(54)24(4)31(48-63-21-62-17-16-60-13)22(2)19-46(9,70-44-35(53)33(51)34(52)37(68-44)41(56)57)40(69-43-32(50)28(49(11)12)18-23(3)64-43)25(5)36(26(6)42(58)66-29)67-30-20-45(8,61-14)39(55)27(7)65-30/h22-30,32-40,43-44,50-55,59H,15-21H2,1-14H3,(H,56,57)/b48-31+/t22-,23-,24+,25+,26-,27+,28+,29-,30+,32-,33?,34?,35?,36+,37?,38-,39+,40-,43+,44?,45-,46-,47-/m1/s1. The molecule has 0 aromatic carbocycles. The summed E-state index contributed by atoms with van der Waals surface area (Å²) in [6.45, 7) is 16.2. The van der Waals surface area contributed by atoms with E-state index in [1.165, 1.54) is 35.0 Å². The number of carboxylic acid groups (broad SMARTS) is 1. The summed E-state index contributed by atoms with van der Waals surface area (Å²) >= 11 is 0. The van der Waals surface area contributed by atoms with Crippen molar-refractivity contribution in [1.29, 1.82) is 0 Å². The minimum Gasteiger partial charge on any atom is -0.479 e. The molecule has 70 heavy (non-hydrogen) atoms. The van der Waals surface area contributed by atoms with Gasteiger partial charge in [0.05, 0.1) is 66.6 Å². The fraction of sp³-hybridized carbons (Fsp3) is 0.936. The smallest absolute Gasteiger partial charge is 0.335 e. The normalized spacial score (nSPS) is 46.6. The number of nitrogens with zero attached hydrogens (tertiary/aromatic N) is 2. The number of methoxy groups -OCH3 is 2. The molecule has 23 atom stereocenters. The molecule has 4 aliphatic heterocycles. The van der Waals surface area contributed by atoms with E-state index in [2.05, 4.69) is 5.16 Å². The van der Waals surface area contributed by atoms with Gasteiger partial charge in [-0.15, -0.1) is 0 Å². The van der Waals surface area contributed by atoms with Crippen molar-refractivity contribution >= 4 is 17.7 Å². The molecule has 4 rings (SSSR count). The van der Waals surface area contributed by atoms with E-state index >= 15 is 0 Å². The van der Waals surface area contributed by atoms with Crippen LogP contribution in [0.4, 0.5) is 0 Å². The van der Waals surface area contributed by atoms with Gasteiger partial charge in [0.1, 0.15) is 42.2 Å². The topological polar surface area (TPSA) is 313 Å². The maximum Gasteiger partial charge on any atom is 0.335 e. The third kappa shape index (κ3) is 13.7. The molecule has 0 aromatic heterocycles. The summed E-state index contributed by atoms with van der Waals surface area (Å²) < 4.78 is 61.4. The van der Waals surface area contributed by atoms with Crippen molar-refractivity contribution in [3.8, 4) is 0 Å². The zero-order chi connectivity index (χ0) is 52.8. The number of likely N-dealkylation sites (N-methyl/N-ethyl adjacent to an activating group) is 1. The fourth-order valence-electron chi connectivity index (χ4n) is 10.4. The zero-order valence-corrected chi connectivity index (χ0v) is 43.3. The van der Waals surface area contributed by atoms with Gasteiger partial charge in [0.25, 0.3) is 0 Å². The molecule has 4 fully saturated rings. The van der Waals surface area contributed by atoms with Crippen LogP contribution in [0, 0.1) is 23.7 Å². The lowest BCUT2D eigenvalue weighted by atomic mass is 9.73. The molecule has 4 heterocycles. The van der Waals surface area contributed by atoms with Gasteiger partial charge in [0, 0.05) is 44.4 Å². The molecule has 408 valence electrons. The highest BCUT2D eigenvalue weighted by Crippen LogP contribution is 2.44. The van der Waals surface area contributed by atoms with Crippen LogP contribution in [-0.4, -0.2) is 227 Å². The Kier molecular flexibility index (Phi) is 21.8. The molecule has 5 unspecified atom stereocenters. The lowest BCUT2D eigenvalue weighted by molar-refractivity contribution is -0.356. The van der Waals surface area contributed by atoms with E-state index in [9.17, 15) is 50.4 Å². The van der Waals surface area contributed by atoms with Crippen LogP contribution < -0.4 is 0 Å². The van der Waals surface area contributed by atoms with E-state index in [4.69, 9.17) is 52.2 Å². The van der Waals surface area contributed by atoms with Crippen molar-refractivity contribution in [1.82, 2.24) is 4.90 Å². The molecule has 0 aromatic rings. The minimum absolute atomic E-state index is 0.0346. The predicted octanol–water partition coefficient (Wildman–Crippen LogP) is 0.126. The average molecular weight is 1010 g/mol. The lowest BCUT2D eigenvalue weighted by Gasteiger charge is -2.51. The molecule has 8 N–H and O–H groups in total. The van der Waals surface area contributed by atoms with Crippen molar-refractivity contribution in [2.45, 2.75) is 210 Å². The highest BCUT2D eigenvalue weighted by Gasteiger charge is 2.57. The van der Waals surface area contributed by atoms with Gasteiger partial charge in [-0.1, -0.05) is 32.9 Å². The van der Waals surface area contributed by atoms with Gasteiger partial charge < -0.3 is 98.0 Å². The number of cyclic esters (lactones) is 1. The van der Waals surface area contributed by atoms with Crippen LogP contribution in [0.1, 0.15) is 94.9 Å². The Labute approximate surface area is 411 Å². The number of oxime groups is 1. The molecule has 0 aliphatic carbocycles. The second-order valence-corrected chi connectivity index (χ2v) is 20.5. The Morgan fingerprint density at radius 2 is 1.47 bits per heavy atom. The molecular formula is C47H84N2O21. The van der Waals surface area contributed by atoms with E-state index in [-0.39, 0.29) is 45.0 Å². The van der Waals surface area contributed by atoms with Crippen LogP contribution >= 0.6 is 0 Å². The Hall–Kier alpha value is -2.27. The molecule has 0 saturated carbocycles. The number of carbonyl (C=O) groups is 2. The summed E-state index contributed by atoms with van der Waals surface area (Å²) in [7, 11) is 6.51. The van der Waals surface area contributed by atoms with Crippen molar-refractivity contribution in [3.05, 3.63) is 0 Å². The van der Waals surface area contributed by atoms with Crippen LogP contribution in [0.2, 0.25) is 0 Å². The van der Waals surface area contributed by atoms with Gasteiger partial charge in [-0.25, -0.2) is 4.79 Å². The Morgan fingerprint density at radius 3 is 2.06 bits per heavy atom.